The molecule has 0 unspecified atom stereocenters. The van der Waals surface area contributed by atoms with Crippen molar-refractivity contribution >= 4 is 27.5 Å². The lowest BCUT2D eigenvalue weighted by Gasteiger charge is -2.07. The van der Waals surface area contributed by atoms with Crippen LogP contribution in [0.25, 0.3) is 0 Å². The molecule has 0 radical (unpaired) electrons. The van der Waals surface area contributed by atoms with Crippen LogP contribution in [0.2, 0.25) is 0 Å². The first-order chi connectivity index (χ1) is 9.33. The van der Waals surface area contributed by atoms with Gasteiger partial charge < -0.3 is 10.6 Å². The van der Waals surface area contributed by atoms with Gasteiger partial charge in [-0.1, -0.05) is 0 Å². The second-order valence-corrected chi connectivity index (χ2v) is 5.60. The molecule has 11 heteroatoms. The van der Waals surface area contributed by atoms with E-state index in [1.807, 2.05) is 6.92 Å². The van der Waals surface area contributed by atoms with E-state index >= 15 is 0 Å². The van der Waals surface area contributed by atoms with Crippen LogP contribution in [-0.2, 0) is 10.0 Å². The zero-order chi connectivity index (χ0) is 15.2. The fraction of sp³-hybridized carbons (Fsp3) is 0.556. The fourth-order valence-electron chi connectivity index (χ4n) is 1.36. The number of hydrogen-bond donors (Lipinski definition) is 3. The van der Waals surface area contributed by atoms with Gasteiger partial charge in [-0.15, -0.1) is 0 Å². The van der Waals surface area contributed by atoms with Crippen LogP contribution >= 0.6 is 0 Å². The average molecular weight is 304 g/mol. The van der Waals surface area contributed by atoms with Crippen LogP contribution in [0.4, 0.5) is 17.5 Å². The molecule has 0 bridgehead atoms. The SMILES string of the molecule is CCNc1ncc([N+](=O)[O-])c(NCCCS(N)(=O)=O)n1. The van der Waals surface area contributed by atoms with Crippen molar-refractivity contribution < 1.29 is 13.3 Å². The number of sulfonamides is 1. The number of aromatic nitrogens is 2. The number of nitrogens with zero attached hydrogens (tertiary/aromatic N) is 3. The van der Waals surface area contributed by atoms with Crippen molar-refractivity contribution in [2.45, 2.75) is 13.3 Å². The number of hydrogen-bond acceptors (Lipinski definition) is 8. The molecule has 0 aliphatic rings. The molecule has 0 aromatic carbocycles. The van der Waals surface area contributed by atoms with Crippen LogP contribution in [-0.4, -0.2) is 42.2 Å². The Balaban J connectivity index is 2.74. The molecule has 1 rings (SSSR count). The molecule has 10 nitrogen and oxygen atoms in total. The molecule has 0 saturated carbocycles. The third-order valence-electron chi connectivity index (χ3n) is 2.20. The van der Waals surface area contributed by atoms with E-state index < -0.39 is 14.9 Å². The Bertz CT molecular complexity index is 576. The highest BCUT2D eigenvalue weighted by Gasteiger charge is 2.16. The molecule has 20 heavy (non-hydrogen) atoms. The quantitative estimate of drug-likeness (QED) is 0.342. The summed E-state index contributed by atoms with van der Waals surface area (Å²) in [6, 6.07) is 0. The molecule has 0 saturated heterocycles. The molecule has 4 N–H and O–H groups in total. The van der Waals surface area contributed by atoms with E-state index in [1.54, 1.807) is 0 Å². The summed E-state index contributed by atoms with van der Waals surface area (Å²) in [5.74, 6) is 0.0845. The van der Waals surface area contributed by atoms with Gasteiger partial charge in [-0.3, -0.25) is 10.1 Å². The maximum absolute atomic E-state index is 10.8. The van der Waals surface area contributed by atoms with Crippen molar-refractivity contribution in [3.63, 3.8) is 0 Å². The first-order valence-corrected chi connectivity index (χ1v) is 7.54. The second kappa shape index (κ2) is 6.96. The van der Waals surface area contributed by atoms with E-state index in [2.05, 4.69) is 20.6 Å². The molecule has 1 heterocycles. The number of primary sulfonamides is 1. The zero-order valence-electron chi connectivity index (χ0n) is 10.9. The van der Waals surface area contributed by atoms with Gasteiger partial charge in [0.05, 0.1) is 10.7 Å². The summed E-state index contributed by atoms with van der Waals surface area (Å²) in [5, 5.41) is 21.2. The van der Waals surface area contributed by atoms with Gasteiger partial charge in [0.15, 0.2) is 0 Å². The summed E-state index contributed by atoms with van der Waals surface area (Å²) < 4.78 is 21.5. The Morgan fingerprint density at radius 1 is 1.45 bits per heavy atom. The predicted octanol–water partition coefficient (Wildman–Crippen LogP) is -0.0929. The first-order valence-electron chi connectivity index (χ1n) is 5.83. The van der Waals surface area contributed by atoms with Gasteiger partial charge in [0.2, 0.25) is 21.8 Å². The van der Waals surface area contributed by atoms with Crippen LogP contribution < -0.4 is 15.8 Å². The summed E-state index contributed by atoms with van der Waals surface area (Å²) in [5.41, 5.74) is -0.276. The Labute approximate surface area is 116 Å². The summed E-state index contributed by atoms with van der Waals surface area (Å²) in [6.07, 6.45) is 1.31. The average Bonchev–Trinajstić information content (AvgIpc) is 2.34. The molecule has 112 valence electrons. The summed E-state index contributed by atoms with van der Waals surface area (Å²) in [7, 11) is -3.54. The van der Waals surface area contributed by atoms with Gasteiger partial charge in [-0.25, -0.2) is 18.5 Å². The van der Waals surface area contributed by atoms with Crippen molar-refractivity contribution in [2.24, 2.45) is 5.14 Å². The molecule has 0 fully saturated rings. The van der Waals surface area contributed by atoms with E-state index in [-0.39, 0.29) is 36.2 Å². The monoisotopic (exact) mass is 304 g/mol. The van der Waals surface area contributed by atoms with Crippen LogP contribution in [0.15, 0.2) is 6.20 Å². The lowest BCUT2D eigenvalue weighted by atomic mass is 10.4. The topological polar surface area (TPSA) is 153 Å². The standard InChI is InChI=1S/C9H16N6O4S/c1-2-11-9-13-6-7(15(16)17)8(14-9)12-4-3-5-20(10,18)19/h6H,2-5H2,1H3,(H2,10,18,19)(H2,11,12,13,14). The van der Waals surface area contributed by atoms with E-state index in [0.717, 1.165) is 6.20 Å². The van der Waals surface area contributed by atoms with E-state index in [4.69, 9.17) is 5.14 Å². The minimum Gasteiger partial charge on any atom is -0.364 e. The van der Waals surface area contributed by atoms with Crippen molar-refractivity contribution in [1.29, 1.82) is 0 Å². The number of nitrogens with one attached hydrogen (secondary N) is 2. The molecule has 0 spiro atoms. The Morgan fingerprint density at radius 2 is 2.15 bits per heavy atom. The Morgan fingerprint density at radius 3 is 2.70 bits per heavy atom. The molecule has 1 aromatic rings. The molecule has 0 aliphatic carbocycles. The van der Waals surface area contributed by atoms with Gasteiger partial charge in [0.25, 0.3) is 0 Å². The molecule has 0 atom stereocenters. The fourth-order valence-corrected chi connectivity index (χ4v) is 1.91. The minimum absolute atomic E-state index is 0.0374. The maximum Gasteiger partial charge on any atom is 0.329 e. The van der Waals surface area contributed by atoms with Gasteiger partial charge in [-0.05, 0) is 13.3 Å². The maximum atomic E-state index is 10.8. The van der Waals surface area contributed by atoms with Crippen LogP contribution in [0, 0.1) is 10.1 Å². The third-order valence-corrected chi connectivity index (χ3v) is 3.06. The van der Waals surface area contributed by atoms with E-state index in [9.17, 15) is 18.5 Å². The van der Waals surface area contributed by atoms with Crippen molar-refractivity contribution in [1.82, 2.24) is 9.97 Å². The van der Waals surface area contributed by atoms with Gasteiger partial charge >= 0.3 is 5.69 Å². The predicted molar refractivity (Wildman–Crippen MR) is 73.9 cm³/mol. The van der Waals surface area contributed by atoms with E-state index in [1.165, 1.54) is 0 Å². The highest BCUT2D eigenvalue weighted by atomic mass is 32.2. The Kier molecular flexibility index (Phi) is 5.58. The summed E-state index contributed by atoms with van der Waals surface area (Å²) in [4.78, 5) is 18.0. The van der Waals surface area contributed by atoms with E-state index in [0.29, 0.717) is 6.54 Å². The van der Waals surface area contributed by atoms with Crippen molar-refractivity contribution in [2.75, 3.05) is 29.5 Å². The highest BCUT2D eigenvalue weighted by Crippen LogP contribution is 2.21. The number of nitrogens with two attached hydrogens (primary N) is 1. The third kappa shape index (κ3) is 5.32. The largest absolute Gasteiger partial charge is 0.364 e. The summed E-state index contributed by atoms with van der Waals surface area (Å²) >= 11 is 0. The first kappa shape index (κ1) is 16.0. The zero-order valence-corrected chi connectivity index (χ0v) is 11.7. The van der Waals surface area contributed by atoms with Crippen molar-refractivity contribution in [3.8, 4) is 0 Å². The highest BCUT2D eigenvalue weighted by molar-refractivity contribution is 7.89. The van der Waals surface area contributed by atoms with Gasteiger partial charge in [0, 0.05) is 13.1 Å². The number of nitro groups is 1. The van der Waals surface area contributed by atoms with Gasteiger partial charge in [0.1, 0.15) is 6.20 Å². The summed E-state index contributed by atoms with van der Waals surface area (Å²) in [6.45, 7) is 2.60. The molecule has 0 aliphatic heterocycles. The molecule has 1 aromatic heterocycles. The lowest BCUT2D eigenvalue weighted by Crippen LogP contribution is -2.19. The normalized spacial score (nSPS) is 11.1. The van der Waals surface area contributed by atoms with Crippen LogP contribution in [0.5, 0.6) is 0 Å². The smallest absolute Gasteiger partial charge is 0.329 e. The van der Waals surface area contributed by atoms with Crippen LogP contribution in [0.1, 0.15) is 13.3 Å². The Hall–Kier alpha value is -2.01. The number of rotatable bonds is 8. The molecular formula is C9H16N6O4S. The van der Waals surface area contributed by atoms with Crippen molar-refractivity contribution in [3.05, 3.63) is 16.3 Å². The lowest BCUT2D eigenvalue weighted by molar-refractivity contribution is -0.384. The molecule has 0 amide bonds. The van der Waals surface area contributed by atoms with Crippen LogP contribution in [0.3, 0.4) is 0 Å². The molecular weight excluding hydrogens is 288 g/mol. The second-order valence-electron chi connectivity index (χ2n) is 3.86. The number of anilines is 2. The minimum atomic E-state index is -3.54. The van der Waals surface area contributed by atoms with Gasteiger partial charge in [-0.2, -0.15) is 4.98 Å².